The Morgan fingerprint density at radius 3 is 1.17 bits per heavy atom. The summed E-state index contributed by atoms with van der Waals surface area (Å²) >= 11 is 0. The van der Waals surface area contributed by atoms with Gasteiger partial charge in [0.1, 0.15) is 0 Å². The molecule has 0 aliphatic carbocycles. The molecule has 3 N–H and O–H groups in total. The van der Waals surface area contributed by atoms with Gasteiger partial charge in [-0.3, -0.25) is 9.59 Å². The Hall–Kier alpha value is -1.40. The molecule has 0 aromatic rings. The molecule has 2 atom stereocenters. The molecule has 0 aromatic carbocycles. The molecule has 1 amide bonds. The van der Waals surface area contributed by atoms with Crippen LogP contribution < -0.4 is 5.32 Å². The fourth-order valence-electron chi connectivity index (χ4n) is 8.05. The lowest BCUT2D eigenvalue weighted by molar-refractivity contribution is -0.143. The number of aliphatic hydroxyl groups is 2. The van der Waals surface area contributed by atoms with Crippen molar-refractivity contribution < 1.29 is 24.5 Å². The van der Waals surface area contributed by atoms with Crippen molar-refractivity contribution in [3.8, 4) is 0 Å². The van der Waals surface area contributed by atoms with Crippen molar-refractivity contribution in [1.82, 2.24) is 5.32 Å². The van der Waals surface area contributed by atoms with E-state index in [1.54, 1.807) is 6.08 Å². The minimum absolute atomic E-state index is 0.00229. The van der Waals surface area contributed by atoms with Crippen molar-refractivity contribution >= 4 is 11.9 Å². The van der Waals surface area contributed by atoms with Crippen LogP contribution in [-0.4, -0.2) is 47.4 Å². The molecule has 0 saturated carbocycles. The standard InChI is InChI=1S/C52H101NO5/c1-3-5-7-9-11-13-15-16-18-22-26-30-34-38-42-46-52(57)58-47-43-39-35-31-27-23-20-17-19-21-25-29-33-37-41-45-51(56)53-49(48-54)50(55)44-40-36-32-28-24-14-12-10-8-6-4-2/h40,44,49-50,54-55H,3-39,41-43,45-48H2,1-2H3,(H,53,56)/b44-40+. The topological polar surface area (TPSA) is 95.9 Å². The van der Waals surface area contributed by atoms with Crippen LogP contribution in [0.3, 0.4) is 0 Å². The molecule has 344 valence electrons. The van der Waals surface area contributed by atoms with Crippen molar-refractivity contribution in [2.75, 3.05) is 13.2 Å². The lowest BCUT2D eigenvalue weighted by Gasteiger charge is -2.20. The van der Waals surface area contributed by atoms with Crippen LogP contribution >= 0.6 is 0 Å². The van der Waals surface area contributed by atoms with Gasteiger partial charge in [-0.25, -0.2) is 0 Å². The van der Waals surface area contributed by atoms with Crippen molar-refractivity contribution in [1.29, 1.82) is 0 Å². The average molecular weight is 820 g/mol. The zero-order valence-corrected chi connectivity index (χ0v) is 39.0. The van der Waals surface area contributed by atoms with Crippen LogP contribution in [0.15, 0.2) is 12.2 Å². The third-order valence-corrected chi connectivity index (χ3v) is 12.1. The number of amides is 1. The third-order valence-electron chi connectivity index (χ3n) is 12.1. The van der Waals surface area contributed by atoms with E-state index in [0.29, 0.717) is 19.4 Å². The molecule has 58 heavy (non-hydrogen) atoms. The fraction of sp³-hybridized carbons (Fsp3) is 0.923. The van der Waals surface area contributed by atoms with Gasteiger partial charge >= 0.3 is 5.97 Å². The van der Waals surface area contributed by atoms with Crippen LogP contribution in [-0.2, 0) is 14.3 Å². The second kappa shape index (κ2) is 48.3. The second-order valence-corrected chi connectivity index (χ2v) is 17.9. The molecule has 0 aliphatic rings. The molecule has 2 unspecified atom stereocenters. The highest BCUT2D eigenvalue weighted by molar-refractivity contribution is 5.76. The fourth-order valence-corrected chi connectivity index (χ4v) is 8.05. The van der Waals surface area contributed by atoms with Gasteiger partial charge in [0.05, 0.1) is 25.4 Å². The molecule has 0 bridgehead atoms. The first-order chi connectivity index (χ1) is 28.5. The normalized spacial score (nSPS) is 12.7. The first-order valence-electron chi connectivity index (χ1n) is 26.0. The van der Waals surface area contributed by atoms with Gasteiger partial charge in [-0.05, 0) is 32.1 Å². The maximum Gasteiger partial charge on any atom is 0.305 e. The molecule has 0 rings (SSSR count). The van der Waals surface area contributed by atoms with Crippen LogP contribution in [0.5, 0.6) is 0 Å². The summed E-state index contributed by atoms with van der Waals surface area (Å²) in [4.78, 5) is 24.4. The van der Waals surface area contributed by atoms with Gasteiger partial charge in [0.25, 0.3) is 0 Å². The summed E-state index contributed by atoms with van der Waals surface area (Å²) in [5.74, 6) is -0.0747. The van der Waals surface area contributed by atoms with E-state index in [9.17, 15) is 19.8 Å². The monoisotopic (exact) mass is 820 g/mol. The quantitative estimate of drug-likeness (QED) is 0.0323. The molecule has 0 aliphatic heterocycles. The zero-order valence-electron chi connectivity index (χ0n) is 39.0. The molecule has 0 spiro atoms. The minimum Gasteiger partial charge on any atom is -0.466 e. The summed E-state index contributed by atoms with van der Waals surface area (Å²) in [5.41, 5.74) is 0. The lowest BCUT2D eigenvalue weighted by atomic mass is 10.0. The van der Waals surface area contributed by atoms with E-state index in [1.165, 1.54) is 212 Å². The Bertz CT molecular complexity index is 863. The molecular formula is C52H101NO5. The summed E-state index contributed by atoms with van der Waals surface area (Å²) in [6, 6.07) is -0.631. The van der Waals surface area contributed by atoms with Gasteiger partial charge in [-0.1, -0.05) is 251 Å². The van der Waals surface area contributed by atoms with Crippen molar-refractivity contribution in [2.45, 2.75) is 296 Å². The summed E-state index contributed by atoms with van der Waals surface area (Å²) in [6.07, 6.45) is 55.0. The first kappa shape index (κ1) is 56.6. The SMILES string of the molecule is CCCCCCCCCCC/C=C/C(O)C(CO)NC(=O)CCCCCCCCCCCCCCCCCOC(=O)CCCCCCCCCCCCCCCCC. The van der Waals surface area contributed by atoms with Crippen LogP contribution in [0.2, 0.25) is 0 Å². The highest BCUT2D eigenvalue weighted by Crippen LogP contribution is 2.16. The van der Waals surface area contributed by atoms with Crippen LogP contribution in [0.4, 0.5) is 0 Å². The molecule has 6 nitrogen and oxygen atoms in total. The first-order valence-corrected chi connectivity index (χ1v) is 26.0. The van der Waals surface area contributed by atoms with E-state index in [1.807, 2.05) is 6.08 Å². The maximum absolute atomic E-state index is 12.4. The van der Waals surface area contributed by atoms with Gasteiger partial charge in [-0.2, -0.15) is 0 Å². The van der Waals surface area contributed by atoms with Gasteiger partial charge in [-0.15, -0.1) is 0 Å². The van der Waals surface area contributed by atoms with Gasteiger partial charge in [0.2, 0.25) is 5.91 Å². The number of carbonyl (C=O) groups excluding carboxylic acids is 2. The molecule has 0 heterocycles. The Labute approximate surface area is 361 Å². The van der Waals surface area contributed by atoms with Crippen molar-refractivity contribution in [3.63, 3.8) is 0 Å². The highest BCUT2D eigenvalue weighted by atomic mass is 16.5. The minimum atomic E-state index is -0.847. The van der Waals surface area contributed by atoms with Gasteiger partial charge in [0.15, 0.2) is 0 Å². The summed E-state index contributed by atoms with van der Waals surface area (Å²) < 4.78 is 5.47. The Kier molecular flexibility index (Phi) is 47.1. The summed E-state index contributed by atoms with van der Waals surface area (Å²) in [5, 5.41) is 23.0. The largest absolute Gasteiger partial charge is 0.466 e. The zero-order chi connectivity index (χ0) is 42.3. The molecule has 0 aromatic heterocycles. The number of esters is 1. The van der Waals surface area contributed by atoms with Crippen LogP contribution in [0.25, 0.3) is 0 Å². The Morgan fingerprint density at radius 1 is 0.466 bits per heavy atom. The predicted molar refractivity (Wildman–Crippen MR) is 250 cm³/mol. The Morgan fingerprint density at radius 2 is 0.793 bits per heavy atom. The van der Waals surface area contributed by atoms with E-state index in [0.717, 1.165) is 44.9 Å². The molecule has 0 radical (unpaired) electrons. The average Bonchev–Trinajstić information content (AvgIpc) is 3.22. The van der Waals surface area contributed by atoms with E-state index in [4.69, 9.17) is 4.74 Å². The van der Waals surface area contributed by atoms with Crippen LogP contribution in [0, 0.1) is 0 Å². The van der Waals surface area contributed by atoms with E-state index in [2.05, 4.69) is 19.2 Å². The summed E-state index contributed by atoms with van der Waals surface area (Å²) in [7, 11) is 0. The van der Waals surface area contributed by atoms with Gasteiger partial charge in [0, 0.05) is 12.8 Å². The number of hydrogen-bond donors (Lipinski definition) is 3. The second-order valence-electron chi connectivity index (χ2n) is 17.9. The number of unbranched alkanes of at least 4 members (excludes halogenated alkanes) is 37. The number of rotatable bonds is 48. The molecule has 0 saturated heterocycles. The van der Waals surface area contributed by atoms with Gasteiger partial charge < -0.3 is 20.3 Å². The number of ether oxygens (including phenoxy) is 1. The molecular weight excluding hydrogens is 719 g/mol. The van der Waals surface area contributed by atoms with Crippen molar-refractivity contribution in [2.24, 2.45) is 0 Å². The van der Waals surface area contributed by atoms with E-state index in [-0.39, 0.29) is 18.5 Å². The number of aliphatic hydroxyl groups excluding tert-OH is 2. The molecule has 0 fully saturated rings. The number of carbonyl (C=O) groups is 2. The highest BCUT2D eigenvalue weighted by Gasteiger charge is 2.18. The molecule has 6 heteroatoms. The predicted octanol–water partition coefficient (Wildman–Crippen LogP) is 15.3. The summed E-state index contributed by atoms with van der Waals surface area (Å²) in [6.45, 7) is 4.88. The lowest BCUT2D eigenvalue weighted by Crippen LogP contribution is -2.45. The van der Waals surface area contributed by atoms with Crippen LogP contribution in [0.1, 0.15) is 284 Å². The third kappa shape index (κ3) is 44.2. The van der Waals surface area contributed by atoms with Crippen molar-refractivity contribution in [3.05, 3.63) is 12.2 Å². The maximum atomic E-state index is 12.4. The number of nitrogens with one attached hydrogen (secondary N) is 1. The number of hydrogen-bond acceptors (Lipinski definition) is 5. The number of allylic oxidation sites excluding steroid dienone is 1. The van der Waals surface area contributed by atoms with E-state index >= 15 is 0 Å². The Balaban J connectivity index is 3.42. The van der Waals surface area contributed by atoms with E-state index < -0.39 is 12.1 Å². The smallest absolute Gasteiger partial charge is 0.305 e.